The van der Waals surface area contributed by atoms with Gasteiger partial charge in [-0.3, -0.25) is 0 Å². The molecule has 32 heavy (non-hydrogen) atoms. The molecule has 0 aromatic heterocycles. The first-order chi connectivity index (χ1) is 15.3. The monoisotopic (exact) mass is 462 g/mol. The predicted octanol–water partition coefficient (Wildman–Crippen LogP) is 3.93. The lowest BCUT2D eigenvalue weighted by Gasteiger charge is -2.45. The van der Waals surface area contributed by atoms with Crippen LogP contribution in [0, 0.1) is 11.3 Å². The van der Waals surface area contributed by atoms with Gasteiger partial charge < -0.3 is 30.6 Å². The zero-order chi connectivity index (χ0) is 24.3. The van der Waals surface area contributed by atoms with Gasteiger partial charge in [-0.2, -0.15) is 0 Å². The van der Waals surface area contributed by atoms with Crippen molar-refractivity contribution >= 4 is 0 Å². The van der Waals surface area contributed by atoms with Crippen LogP contribution in [-0.4, -0.2) is 68.8 Å². The summed E-state index contributed by atoms with van der Waals surface area (Å²) in [6.45, 7) is 2.30. The molecule has 0 saturated heterocycles. The Bertz CT molecular complexity index is 405. The maximum atomic E-state index is 11.1. The Morgan fingerprint density at radius 2 is 0.969 bits per heavy atom. The molecular weight excluding hydrogens is 408 g/mol. The van der Waals surface area contributed by atoms with Gasteiger partial charge in [0.25, 0.3) is 0 Å². The van der Waals surface area contributed by atoms with E-state index in [4.69, 9.17) is 5.11 Å². The fourth-order valence-corrected chi connectivity index (χ4v) is 4.54. The number of rotatable bonds is 23. The SMILES string of the molecule is CC(C)CCCCCCCCCCCCCCCC(O)(CC(O)CO)C(CO)(CO)CO. The Morgan fingerprint density at radius 3 is 1.31 bits per heavy atom. The molecule has 6 heteroatoms. The molecule has 0 amide bonds. The second-order valence-electron chi connectivity index (χ2n) is 10.4. The van der Waals surface area contributed by atoms with E-state index in [9.17, 15) is 25.5 Å². The average Bonchev–Trinajstić information content (AvgIpc) is 2.77. The van der Waals surface area contributed by atoms with Crippen LogP contribution >= 0.6 is 0 Å². The summed E-state index contributed by atoms with van der Waals surface area (Å²) >= 11 is 0. The number of hydrogen-bond acceptors (Lipinski definition) is 6. The maximum Gasteiger partial charge on any atom is 0.0798 e. The fraction of sp³-hybridized carbons (Fsp3) is 1.00. The van der Waals surface area contributed by atoms with Gasteiger partial charge in [0, 0.05) is 6.42 Å². The van der Waals surface area contributed by atoms with Crippen molar-refractivity contribution in [2.24, 2.45) is 11.3 Å². The Morgan fingerprint density at radius 1 is 0.594 bits per heavy atom. The van der Waals surface area contributed by atoms with Gasteiger partial charge in [0.2, 0.25) is 0 Å². The minimum absolute atomic E-state index is 0.192. The maximum absolute atomic E-state index is 11.1. The molecule has 0 bridgehead atoms. The van der Waals surface area contributed by atoms with Gasteiger partial charge in [-0.05, 0) is 12.3 Å². The van der Waals surface area contributed by atoms with Gasteiger partial charge in [0.05, 0.1) is 43.5 Å². The van der Waals surface area contributed by atoms with Gasteiger partial charge in [-0.25, -0.2) is 0 Å². The summed E-state index contributed by atoms with van der Waals surface area (Å²) in [5.74, 6) is 0.829. The topological polar surface area (TPSA) is 121 Å². The van der Waals surface area contributed by atoms with Crippen molar-refractivity contribution in [2.45, 2.75) is 128 Å². The first kappa shape index (κ1) is 31.8. The molecule has 0 aliphatic carbocycles. The summed E-state index contributed by atoms with van der Waals surface area (Å²) in [4.78, 5) is 0. The van der Waals surface area contributed by atoms with Crippen molar-refractivity contribution in [3.63, 3.8) is 0 Å². The molecule has 0 saturated carbocycles. The Balaban J connectivity index is 3.95. The first-order valence-electron chi connectivity index (χ1n) is 13.1. The number of aliphatic hydroxyl groups excluding tert-OH is 5. The zero-order valence-electron chi connectivity index (χ0n) is 21.0. The van der Waals surface area contributed by atoms with E-state index in [1.807, 2.05) is 0 Å². The van der Waals surface area contributed by atoms with E-state index in [1.54, 1.807) is 0 Å². The third-order valence-electron chi connectivity index (χ3n) is 7.05. The lowest BCUT2D eigenvalue weighted by atomic mass is 9.68. The molecule has 0 rings (SSSR count). The van der Waals surface area contributed by atoms with Crippen molar-refractivity contribution in [3.8, 4) is 0 Å². The highest BCUT2D eigenvalue weighted by Crippen LogP contribution is 2.39. The second kappa shape index (κ2) is 19.1. The summed E-state index contributed by atoms with van der Waals surface area (Å²) in [6.07, 6.45) is 16.0. The molecule has 6 nitrogen and oxygen atoms in total. The van der Waals surface area contributed by atoms with Crippen LogP contribution in [0.4, 0.5) is 0 Å². The van der Waals surface area contributed by atoms with E-state index in [0.717, 1.165) is 25.2 Å². The molecule has 0 fully saturated rings. The van der Waals surface area contributed by atoms with Gasteiger partial charge in [-0.15, -0.1) is 0 Å². The lowest BCUT2D eigenvalue weighted by Crippen LogP contribution is -2.57. The Labute approximate surface area is 197 Å². The molecular formula is C26H54O6. The largest absolute Gasteiger partial charge is 0.395 e. The third-order valence-corrected chi connectivity index (χ3v) is 7.05. The molecule has 0 aliphatic rings. The highest BCUT2D eigenvalue weighted by Gasteiger charge is 2.49. The van der Waals surface area contributed by atoms with Gasteiger partial charge >= 0.3 is 0 Å². The molecule has 0 radical (unpaired) electrons. The number of hydrogen-bond donors (Lipinski definition) is 6. The van der Waals surface area contributed by atoms with Crippen molar-refractivity contribution in [1.29, 1.82) is 0 Å². The van der Waals surface area contributed by atoms with Crippen molar-refractivity contribution in [3.05, 3.63) is 0 Å². The Hall–Kier alpha value is -0.240. The molecule has 2 atom stereocenters. The molecule has 2 unspecified atom stereocenters. The van der Waals surface area contributed by atoms with Gasteiger partial charge in [0.1, 0.15) is 0 Å². The van der Waals surface area contributed by atoms with E-state index in [2.05, 4.69) is 13.8 Å². The van der Waals surface area contributed by atoms with E-state index in [-0.39, 0.29) is 12.8 Å². The average molecular weight is 463 g/mol. The molecule has 0 spiro atoms. The minimum Gasteiger partial charge on any atom is -0.395 e. The van der Waals surface area contributed by atoms with Crippen LogP contribution in [0.25, 0.3) is 0 Å². The summed E-state index contributed by atoms with van der Waals surface area (Å²) in [5, 5.41) is 59.2. The summed E-state index contributed by atoms with van der Waals surface area (Å²) in [6, 6.07) is 0. The van der Waals surface area contributed by atoms with E-state index in [0.29, 0.717) is 6.42 Å². The molecule has 194 valence electrons. The van der Waals surface area contributed by atoms with Crippen LogP contribution in [0.1, 0.15) is 117 Å². The Kier molecular flexibility index (Phi) is 19.0. The van der Waals surface area contributed by atoms with Gasteiger partial charge in [-0.1, -0.05) is 104 Å². The molecule has 0 aromatic carbocycles. The molecule has 0 aliphatic heterocycles. The highest BCUT2D eigenvalue weighted by atomic mass is 16.3. The van der Waals surface area contributed by atoms with Crippen LogP contribution in [0.5, 0.6) is 0 Å². The minimum atomic E-state index is -1.64. The zero-order valence-corrected chi connectivity index (χ0v) is 21.0. The fourth-order valence-electron chi connectivity index (χ4n) is 4.54. The molecule has 0 heterocycles. The van der Waals surface area contributed by atoms with Crippen molar-refractivity contribution in [1.82, 2.24) is 0 Å². The summed E-state index contributed by atoms with van der Waals surface area (Å²) in [7, 11) is 0. The van der Waals surface area contributed by atoms with Crippen molar-refractivity contribution < 1.29 is 30.6 Å². The van der Waals surface area contributed by atoms with Crippen LogP contribution < -0.4 is 0 Å². The normalized spacial score (nSPS) is 15.3. The number of aliphatic hydroxyl groups is 6. The standard InChI is InChI=1S/C26H54O6/c1-23(2)16-14-12-10-8-6-4-3-5-7-9-11-13-15-17-26(32,18-24(31)19-27)25(20-28,21-29)22-30/h23-24,27-32H,3-22H2,1-2H3. The highest BCUT2D eigenvalue weighted by molar-refractivity contribution is 4.99. The molecule has 0 aromatic rings. The van der Waals surface area contributed by atoms with E-state index < -0.39 is 43.5 Å². The van der Waals surface area contributed by atoms with Crippen LogP contribution in [0.3, 0.4) is 0 Å². The quantitative estimate of drug-likeness (QED) is 0.128. The second-order valence-corrected chi connectivity index (χ2v) is 10.4. The number of unbranched alkanes of at least 4 members (excludes halogenated alkanes) is 12. The van der Waals surface area contributed by atoms with Crippen molar-refractivity contribution in [2.75, 3.05) is 26.4 Å². The van der Waals surface area contributed by atoms with Crippen LogP contribution in [-0.2, 0) is 0 Å². The van der Waals surface area contributed by atoms with E-state index >= 15 is 0 Å². The first-order valence-corrected chi connectivity index (χ1v) is 13.1. The summed E-state index contributed by atoms with van der Waals surface area (Å²) < 4.78 is 0. The van der Waals surface area contributed by atoms with Crippen LogP contribution in [0.15, 0.2) is 0 Å². The van der Waals surface area contributed by atoms with Gasteiger partial charge in [0.15, 0.2) is 0 Å². The molecule has 6 N–H and O–H groups in total. The smallest absolute Gasteiger partial charge is 0.0798 e. The summed E-state index contributed by atoms with van der Waals surface area (Å²) in [5.41, 5.74) is -3.14. The van der Waals surface area contributed by atoms with E-state index in [1.165, 1.54) is 64.2 Å². The lowest BCUT2D eigenvalue weighted by molar-refractivity contribution is -0.174. The predicted molar refractivity (Wildman–Crippen MR) is 130 cm³/mol. The van der Waals surface area contributed by atoms with Crippen LogP contribution in [0.2, 0.25) is 0 Å². The third kappa shape index (κ3) is 12.9.